The third-order valence-electron chi connectivity index (χ3n) is 6.10. The third-order valence-corrected chi connectivity index (χ3v) is 7.06. The van der Waals surface area contributed by atoms with E-state index in [-0.39, 0.29) is 11.8 Å². The zero-order valence-electron chi connectivity index (χ0n) is 20.2. The molecule has 2 aliphatic rings. The van der Waals surface area contributed by atoms with Crippen molar-refractivity contribution in [3.05, 3.63) is 136 Å². The molecule has 0 fully saturated rings. The minimum Gasteiger partial charge on any atom is -0.497 e. The van der Waals surface area contributed by atoms with Crippen LogP contribution in [-0.4, -0.2) is 23.0 Å². The van der Waals surface area contributed by atoms with E-state index in [0.717, 1.165) is 33.3 Å². The number of fused-ring (bicyclic) bond motifs is 1. The molecule has 2 aliphatic heterocycles. The Hall–Kier alpha value is -4.09. The number of rotatable bonds is 7. The highest BCUT2D eigenvalue weighted by Crippen LogP contribution is 2.44. The zero-order chi connectivity index (χ0) is 24.9. The van der Waals surface area contributed by atoms with Gasteiger partial charge < -0.3 is 9.64 Å². The summed E-state index contributed by atoms with van der Waals surface area (Å²) in [5, 5.41) is 2.95. The molecule has 5 rings (SSSR count). The summed E-state index contributed by atoms with van der Waals surface area (Å²) in [5.41, 5.74) is 5.39. The lowest BCUT2D eigenvalue weighted by Gasteiger charge is -2.35. The van der Waals surface area contributed by atoms with Crippen molar-refractivity contribution in [2.75, 3.05) is 7.11 Å². The van der Waals surface area contributed by atoms with Gasteiger partial charge in [-0.15, -0.1) is 0 Å². The number of ketones is 1. The highest BCUT2D eigenvalue weighted by Gasteiger charge is 2.38. The Morgan fingerprint density at radius 2 is 1.53 bits per heavy atom. The largest absolute Gasteiger partial charge is 0.497 e. The molecule has 3 aromatic carbocycles. The number of carbonyl (C=O) groups excluding carboxylic acids is 1. The fraction of sp³-hybridized carbons (Fsp3) is 0.0968. The smallest absolute Gasteiger partial charge is 0.186 e. The summed E-state index contributed by atoms with van der Waals surface area (Å²) in [4.78, 5) is 21.0. The van der Waals surface area contributed by atoms with Crippen molar-refractivity contribution >= 4 is 34.9 Å². The second-order valence-corrected chi connectivity index (χ2v) is 9.30. The monoisotopic (exact) mass is 490 g/mol. The van der Waals surface area contributed by atoms with Gasteiger partial charge in [0.1, 0.15) is 5.75 Å². The van der Waals surface area contributed by atoms with Crippen LogP contribution >= 0.6 is 11.8 Å². The van der Waals surface area contributed by atoms with E-state index < -0.39 is 0 Å². The average Bonchev–Trinajstić information content (AvgIpc) is 3.31. The van der Waals surface area contributed by atoms with Crippen LogP contribution in [0.3, 0.4) is 0 Å². The first kappa shape index (κ1) is 23.6. The SMILES string of the molecule is COc1ccc(C2C(C(=O)/C=C/c3ccccc3)=C(/C=C/c3ccccc3)N=C3SC=C(C)N32)cc1. The summed E-state index contributed by atoms with van der Waals surface area (Å²) < 4.78 is 5.38. The van der Waals surface area contributed by atoms with E-state index in [4.69, 9.17) is 9.73 Å². The highest BCUT2D eigenvalue weighted by molar-refractivity contribution is 8.16. The molecule has 3 aromatic rings. The predicted octanol–water partition coefficient (Wildman–Crippen LogP) is 7.27. The number of hydrogen-bond acceptors (Lipinski definition) is 5. The fourth-order valence-corrected chi connectivity index (χ4v) is 5.19. The highest BCUT2D eigenvalue weighted by atomic mass is 32.2. The molecule has 36 heavy (non-hydrogen) atoms. The lowest BCUT2D eigenvalue weighted by Crippen LogP contribution is -2.35. The Morgan fingerprint density at radius 1 is 0.889 bits per heavy atom. The van der Waals surface area contributed by atoms with E-state index in [9.17, 15) is 4.79 Å². The van der Waals surface area contributed by atoms with E-state index in [1.165, 1.54) is 0 Å². The minimum absolute atomic E-state index is 0.0696. The van der Waals surface area contributed by atoms with Crippen molar-refractivity contribution in [3.63, 3.8) is 0 Å². The quantitative estimate of drug-likeness (QED) is 0.327. The molecule has 0 amide bonds. The molecule has 0 aromatic heterocycles. The maximum Gasteiger partial charge on any atom is 0.186 e. The lowest BCUT2D eigenvalue weighted by molar-refractivity contribution is -0.111. The molecule has 2 heterocycles. The summed E-state index contributed by atoms with van der Waals surface area (Å²) in [5.74, 6) is 0.705. The summed E-state index contributed by atoms with van der Waals surface area (Å²) in [6.07, 6.45) is 7.47. The normalized spacial score (nSPS) is 17.4. The van der Waals surface area contributed by atoms with Crippen molar-refractivity contribution < 1.29 is 9.53 Å². The minimum atomic E-state index is -0.307. The van der Waals surface area contributed by atoms with Crippen LogP contribution in [0.2, 0.25) is 0 Å². The predicted molar refractivity (Wildman–Crippen MR) is 149 cm³/mol. The van der Waals surface area contributed by atoms with Crippen molar-refractivity contribution in [2.45, 2.75) is 13.0 Å². The number of hydrogen-bond donors (Lipinski definition) is 0. The number of allylic oxidation sites excluding steroid dienone is 3. The number of carbonyl (C=O) groups is 1. The fourth-order valence-electron chi connectivity index (χ4n) is 4.28. The molecule has 0 radical (unpaired) electrons. The van der Waals surface area contributed by atoms with Gasteiger partial charge in [0, 0.05) is 5.70 Å². The van der Waals surface area contributed by atoms with Gasteiger partial charge in [-0.05, 0) is 53.3 Å². The van der Waals surface area contributed by atoms with E-state index >= 15 is 0 Å². The van der Waals surface area contributed by atoms with Gasteiger partial charge in [-0.25, -0.2) is 4.99 Å². The molecule has 0 saturated heterocycles. The Balaban J connectivity index is 1.64. The second-order valence-electron chi connectivity index (χ2n) is 8.47. The van der Waals surface area contributed by atoms with Crippen LogP contribution in [0.15, 0.2) is 124 Å². The Labute approximate surface area is 216 Å². The van der Waals surface area contributed by atoms with E-state index in [0.29, 0.717) is 11.3 Å². The number of nitrogens with zero attached hydrogens (tertiary/aromatic N) is 2. The number of thioether (sulfide) groups is 1. The number of amidine groups is 1. The molecule has 0 N–H and O–H groups in total. The molecular formula is C31H26N2O2S. The van der Waals surface area contributed by atoms with Gasteiger partial charge in [-0.1, -0.05) is 96.7 Å². The van der Waals surface area contributed by atoms with Crippen molar-refractivity contribution in [1.82, 2.24) is 4.90 Å². The van der Waals surface area contributed by atoms with Crippen LogP contribution < -0.4 is 4.74 Å². The summed E-state index contributed by atoms with van der Waals surface area (Å²) in [7, 11) is 1.65. The molecule has 1 atom stereocenters. The van der Waals surface area contributed by atoms with Crippen LogP contribution in [0.5, 0.6) is 5.75 Å². The molecule has 0 spiro atoms. The Morgan fingerprint density at radius 3 is 2.17 bits per heavy atom. The Bertz CT molecular complexity index is 1400. The van der Waals surface area contributed by atoms with Crippen LogP contribution in [0.4, 0.5) is 0 Å². The van der Waals surface area contributed by atoms with Gasteiger partial charge in [0.05, 0.1) is 24.4 Å². The molecule has 0 saturated carbocycles. The van der Waals surface area contributed by atoms with Gasteiger partial charge >= 0.3 is 0 Å². The van der Waals surface area contributed by atoms with E-state index in [2.05, 4.69) is 17.2 Å². The van der Waals surface area contributed by atoms with Gasteiger partial charge in [0.25, 0.3) is 0 Å². The van der Waals surface area contributed by atoms with Crippen LogP contribution in [0.25, 0.3) is 12.2 Å². The standard InChI is InChI=1S/C31H26N2O2S/c1-22-21-36-31-32-27(19-13-23-9-5-3-6-10-23)29(28(34)20-14-24-11-7-4-8-12-24)30(33(22)31)25-15-17-26(35-2)18-16-25/h3-21,30H,1-2H3/b19-13+,20-14+. The van der Waals surface area contributed by atoms with Gasteiger partial charge in [-0.2, -0.15) is 0 Å². The number of benzene rings is 3. The van der Waals surface area contributed by atoms with Gasteiger partial charge in [0.2, 0.25) is 0 Å². The van der Waals surface area contributed by atoms with Crippen LogP contribution in [0, 0.1) is 0 Å². The molecule has 178 valence electrons. The van der Waals surface area contributed by atoms with Gasteiger partial charge in [0.15, 0.2) is 11.0 Å². The number of aliphatic imine (C=N–C) groups is 1. The maximum atomic E-state index is 13.9. The van der Waals surface area contributed by atoms with Crippen molar-refractivity contribution in [1.29, 1.82) is 0 Å². The summed E-state index contributed by atoms with van der Waals surface area (Å²) in [6.45, 7) is 2.05. The van der Waals surface area contributed by atoms with Gasteiger partial charge in [-0.3, -0.25) is 4.79 Å². The third kappa shape index (κ3) is 4.97. The average molecular weight is 491 g/mol. The van der Waals surface area contributed by atoms with Crippen molar-refractivity contribution in [3.8, 4) is 5.75 Å². The van der Waals surface area contributed by atoms with Crippen molar-refractivity contribution in [2.24, 2.45) is 4.99 Å². The molecule has 0 bridgehead atoms. The lowest BCUT2D eigenvalue weighted by atomic mass is 9.90. The number of ether oxygens (including phenoxy) is 1. The summed E-state index contributed by atoms with van der Waals surface area (Å²) in [6, 6.07) is 27.5. The maximum absolute atomic E-state index is 13.9. The Kier molecular flexibility index (Phi) is 7.01. The first-order valence-corrected chi connectivity index (χ1v) is 12.6. The second kappa shape index (κ2) is 10.7. The molecular weight excluding hydrogens is 464 g/mol. The van der Waals surface area contributed by atoms with Crippen LogP contribution in [0.1, 0.15) is 29.7 Å². The first-order valence-electron chi connectivity index (χ1n) is 11.7. The number of methoxy groups -OCH3 is 1. The topological polar surface area (TPSA) is 41.9 Å². The zero-order valence-corrected chi connectivity index (χ0v) is 21.0. The molecule has 4 nitrogen and oxygen atoms in total. The van der Waals surface area contributed by atoms with Crippen LogP contribution in [-0.2, 0) is 4.79 Å². The molecule has 1 unspecified atom stereocenters. The first-order chi connectivity index (χ1) is 17.6. The molecule has 0 aliphatic carbocycles. The molecule has 5 heteroatoms. The van der Waals surface area contributed by atoms with E-state index in [1.807, 2.05) is 103 Å². The van der Waals surface area contributed by atoms with E-state index in [1.54, 1.807) is 24.9 Å². The summed E-state index contributed by atoms with van der Waals surface area (Å²) >= 11 is 1.58.